The van der Waals surface area contributed by atoms with Crippen molar-refractivity contribution in [1.29, 1.82) is 0 Å². The molecule has 6 nitrogen and oxygen atoms in total. The van der Waals surface area contributed by atoms with Crippen LogP contribution in [0.2, 0.25) is 0 Å². The molecule has 3 atom stereocenters. The van der Waals surface area contributed by atoms with E-state index in [-0.39, 0.29) is 24.9 Å². The number of hydrogen-bond acceptors (Lipinski definition) is 6. The summed E-state index contributed by atoms with van der Waals surface area (Å²) in [6, 6.07) is 10.1. The van der Waals surface area contributed by atoms with Crippen LogP contribution >= 0.6 is 0 Å². The normalized spacial score (nSPS) is 25.4. The summed E-state index contributed by atoms with van der Waals surface area (Å²) < 4.78 is 29.2. The first-order valence-electron chi connectivity index (χ1n) is 10.3. The molecule has 0 spiro atoms. The summed E-state index contributed by atoms with van der Waals surface area (Å²) in [5.74, 6) is 4.20. The molecule has 0 N–H and O–H groups in total. The van der Waals surface area contributed by atoms with Crippen LogP contribution in [0.3, 0.4) is 0 Å². The molecule has 29 heavy (non-hydrogen) atoms. The second-order valence-electron chi connectivity index (χ2n) is 7.91. The molecule has 0 radical (unpaired) electrons. The first-order chi connectivity index (χ1) is 14.2. The summed E-state index contributed by atoms with van der Waals surface area (Å²) in [5, 5.41) is 0. The van der Waals surface area contributed by atoms with Gasteiger partial charge in [0.1, 0.15) is 5.75 Å². The monoisotopic (exact) mass is 397 g/mol. The third-order valence-corrected chi connectivity index (χ3v) is 6.33. The number of methoxy groups -OCH3 is 2. The summed E-state index contributed by atoms with van der Waals surface area (Å²) in [7, 11) is 3.37. The predicted molar refractivity (Wildman–Crippen MR) is 108 cm³/mol. The summed E-state index contributed by atoms with van der Waals surface area (Å²) in [5.41, 5.74) is 2.20. The minimum absolute atomic E-state index is 0.00581. The molecule has 6 heteroatoms. The Bertz CT molecular complexity index is 908. The van der Waals surface area contributed by atoms with Crippen molar-refractivity contribution in [2.24, 2.45) is 5.92 Å². The van der Waals surface area contributed by atoms with Gasteiger partial charge in [0.15, 0.2) is 29.2 Å². The number of rotatable bonds is 4. The maximum atomic E-state index is 6.55. The molecule has 1 fully saturated rings. The molecule has 3 aliphatic rings. The third kappa shape index (κ3) is 2.97. The Morgan fingerprint density at radius 1 is 0.931 bits per heavy atom. The highest BCUT2D eigenvalue weighted by atomic mass is 16.7. The first-order valence-corrected chi connectivity index (χ1v) is 10.3. The van der Waals surface area contributed by atoms with E-state index in [1.54, 1.807) is 14.2 Å². The van der Waals surface area contributed by atoms with Gasteiger partial charge in [0, 0.05) is 42.1 Å². The molecule has 0 aliphatic carbocycles. The van der Waals surface area contributed by atoms with Crippen molar-refractivity contribution in [2.75, 3.05) is 34.1 Å². The van der Waals surface area contributed by atoms with E-state index in [2.05, 4.69) is 24.0 Å². The highest BCUT2D eigenvalue weighted by Gasteiger charge is 2.42. The quantitative estimate of drug-likeness (QED) is 0.777. The van der Waals surface area contributed by atoms with E-state index in [4.69, 9.17) is 23.7 Å². The molecular formula is C23H27NO5. The zero-order valence-corrected chi connectivity index (χ0v) is 17.1. The van der Waals surface area contributed by atoms with Crippen molar-refractivity contribution in [2.45, 2.75) is 31.9 Å². The number of benzene rings is 2. The van der Waals surface area contributed by atoms with Gasteiger partial charge in [0.05, 0.1) is 14.2 Å². The van der Waals surface area contributed by atoms with Gasteiger partial charge in [-0.1, -0.05) is 19.1 Å². The Morgan fingerprint density at radius 3 is 2.41 bits per heavy atom. The fourth-order valence-electron chi connectivity index (χ4n) is 4.98. The molecule has 0 aromatic heterocycles. The minimum atomic E-state index is 0.00581. The second-order valence-corrected chi connectivity index (χ2v) is 7.91. The SMILES string of the molecule is COc1cccc([C@@H]2c3cc4c(cc3O[C@H](N3CCCC3)[C@@H]2C)OCO4)c1OC. The number of ether oxygens (including phenoxy) is 5. The molecule has 0 amide bonds. The van der Waals surface area contributed by atoms with Crippen LogP contribution in [-0.2, 0) is 0 Å². The molecule has 2 aromatic rings. The van der Waals surface area contributed by atoms with Gasteiger partial charge in [-0.15, -0.1) is 0 Å². The number of likely N-dealkylation sites (tertiary alicyclic amines) is 1. The molecule has 3 heterocycles. The number of hydrogen-bond donors (Lipinski definition) is 0. The highest BCUT2D eigenvalue weighted by molar-refractivity contribution is 5.59. The van der Waals surface area contributed by atoms with Crippen LogP contribution in [0.15, 0.2) is 30.3 Å². The zero-order valence-electron chi connectivity index (χ0n) is 17.1. The van der Waals surface area contributed by atoms with Crippen LogP contribution < -0.4 is 23.7 Å². The van der Waals surface area contributed by atoms with Crippen LogP contribution in [0.1, 0.15) is 36.8 Å². The van der Waals surface area contributed by atoms with E-state index in [9.17, 15) is 0 Å². The van der Waals surface area contributed by atoms with Crippen molar-refractivity contribution in [3.05, 3.63) is 41.5 Å². The first kappa shape index (κ1) is 18.4. The highest BCUT2D eigenvalue weighted by Crippen LogP contribution is 2.52. The van der Waals surface area contributed by atoms with Crippen LogP contribution in [0.4, 0.5) is 0 Å². The molecule has 5 rings (SSSR count). The largest absolute Gasteiger partial charge is 0.493 e. The van der Waals surface area contributed by atoms with Gasteiger partial charge in [0.25, 0.3) is 0 Å². The van der Waals surface area contributed by atoms with E-state index in [0.29, 0.717) is 0 Å². The van der Waals surface area contributed by atoms with Crippen LogP contribution in [0.25, 0.3) is 0 Å². The van der Waals surface area contributed by atoms with Gasteiger partial charge in [-0.3, -0.25) is 4.90 Å². The molecule has 0 bridgehead atoms. The van der Waals surface area contributed by atoms with Crippen molar-refractivity contribution < 1.29 is 23.7 Å². The molecule has 0 unspecified atom stereocenters. The number of para-hydroxylation sites is 1. The maximum absolute atomic E-state index is 6.55. The summed E-state index contributed by atoms with van der Waals surface area (Å²) in [4.78, 5) is 2.46. The lowest BCUT2D eigenvalue weighted by atomic mass is 9.77. The van der Waals surface area contributed by atoms with E-state index >= 15 is 0 Å². The lowest BCUT2D eigenvalue weighted by Gasteiger charge is -2.42. The molecule has 1 saturated heterocycles. The fraction of sp³-hybridized carbons (Fsp3) is 0.478. The smallest absolute Gasteiger partial charge is 0.231 e. The topological polar surface area (TPSA) is 49.4 Å². The second kappa shape index (κ2) is 7.34. The summed E-state index contributed by atoms with van der Waals surface area (Å²) in [6.45, 7) is 4.64. The third-order valence-electron chi connectivity index (χ3n) is 6.33. The molecule has 3 aliphatic heterocycles. The number of nitrogens with zero attached hydrogens (tertiary/aromatic N) is 1. The lowest BCUT2D eigenvalue weighted by Crippen LogP contribution is -2.47. The minimum Gasteiger partial charge on any atom is -0.493 e. The summed E-state index contributed by atoms with van der Waals surface area (Å²) >= 11 is 0. The van der Waals surface area contributed by atoms with Crippen LogP contribution in [-0.4, -0.2) is 45.2 Å². The Balaban J connectivity index is 1.67. The van der Waals surface area contributed by atoms with Gasteiger partial charge in [-0.2, -0.15) is 0 Å². The van der Waals surface area contributed by atoms with Gasteiger partial charge in [-0.25, -0.2) is 0 Å². The average molecular weight is 397 g/mol. The number of fused-ring (bicyclic) bond motifs is 2. The van der Waals surface area contributed by atoms with Gasteiger partial charge in [-0.05, 0) is 25.0 Å². The standard InChI is InChI=1S/C23H27NO5/c1-14-21(15-7-6-8-17(25-2)22(15)26-3)16-11-19-20(28-13-27-19)12-18(16)29-23(14)24-9-4-5-10-24/h6-8,11-12,14,21,23H,4-5,9-10,13H2,1-3H3/t14-,21-,23+/m1/s1. The Labute approximate surface area is 171 Å². The average Bonchev–Trinajstić information content (AvgIpc) is 3.43. The zero-order chi connectivity index (χ0) is 20.0. The van der Waals surface area contributed by atoms with E-state index in [0.717, 1.165) is 53.0 Å². The van der Waals surface area contributed by atoms with Crippen molar-refractivity contribution >= 4 is 0 Å². The Kier molecular flexibility index (Phi) is 4.66. The molecule has 0 saturated carbocycles. The maximum Gasteiger partial charge on any atom is 0.231 e. The molecule has 154 valence electrons. The Hall–Kier alpha value is -2.60. The van der Waals surface area contributed by atoms with E-state index in [1.807, 2.05) is 18.2 Å². The van der Waals surface area contributed by atoms with Gasteiger partial charge >= 0.3 is 0 Å². The van der Waals surface area contributed by atoms with Crippen molar-refractivity contribution in [3.63, 3.8) is 0 Å². The van der Waals surface area contributed by atoms with Crippen molar-refractivity contribution in [1.82, 2.24) is 4.90 Å². The van der Waals surface area contributed by atoms with Gasteiger partial charge in [0.2, 0.25) is 6.79 Å². The van der Waals surface area contributed by atoms with E-state index in [1.165, 1.54) is 12.8 Å². The van der Waals surface area contributed by atoms with Crippen LogP contribution in [0.5, 0.6) is 28.7 Å². The summed E-state index contributed by atoms with van der Waals surface area (Å²) in [6.07, 6.45) is 2.44. The van der Waals surface area contributed by atoms with Crippen molar-refractivity contribution in [3.8, 4) is 28.7 Å². The molecule has 2 aromatic carbocycles. The van der Waals surface area contributed by atoms with Gasteiger partial charge < -0.3 is 23.7 Å². The fourth-order valence-corrected chi connectivity index (χ4v) is 4.98. The van der Waals surface area contributed by atoms with E-state index < -0.39 is 0 Å². The Morgan fingerprint density at radius 2 is 1.69 bits per heavy atom. The molecular weight excluding hydrogens is 370 g/mol. The lowest BCUT2D eigenvalue weighted by molar-refractivity contribution is -0.0180. The van der Waals surface area contributed by atoms with Crippen LogP contribution in [0, 0.1) is 5.92 Å². The predicted octanol–water partition coefficient (Wildman–Crippen LogP) is 4.01.